The molecule has 0 aliphatic heterocycles. The number of amides is 1. The molecular formula is C17H13F3N4O2S2. The van der Waals surface area contributed by atoms with Crippen molar-refractivity contribution in [1.82, 2.24) is 10.2 Å². The van der Waals surface area contributed by atoms with Gasteiger partial charge in [-0.2, -0.15) is 0 Å². The molecule has 11 heteroatoms. The van der Waals surface area contributed by atoms with Crippen LogP contribution in [-0.2, 0) is 5.75 Å². The standard InChI is InChI=1S/C17H13F3N4O2S2/c18-17(19,20)26-13-3-1-2-12(8-13)22-14(25)11-6-4-10(5-7-11)9-27-16-24-23-15(21)28-16/h1-8H,9H2,(H2,21,23)(H,22,25). The molecule has 2 aromatic carbocycles. The fraction of sp³-hybridized carbons (Fsp3) is 0.118. The molecule has 28 heavy (non-hydrogen) atoms. The summed E-state index contributed by atoms with van der Waals surface area (Å²) in [6.45, 7) is 0. The van der Waals surface area contributed by atoms with E-state index >= 15 is 0 Å². The van der Waals surface area contributed by atoms with E-state index in [2.05, 4.69) is 20.3 Å². The number of anilines is 2. The van der Waals surface area contributed by atoms with E-state index in [1.54, 1.807) is 24.3 Å². The summed E-state index contributed by atoms with van der Waals surface area (Å²) in [5, 5.41) is 10.6. The van der Waals surface area contributed by atoms with Crippen LogP contribution in [0.3, 0.4) is 0 Å². The largest absolute Gasteiger partial charge is 0.573 e. The first-order valence-electron chi connectivity index (χ1n) is 7.76. The predicted octanol–water partition coefficient (Wildman–Crippen LogP) is 4.56. The van der Waals surface area contributed by atoms with Gasteiger partial charge in [0.1, 0.15) is 5.75 Å². The maximum Gasteiger partial charge on any atom is 0.573 e. The number of hydrogen-bond acceptors (Lipinski definition) is 7. The molecule has 0 aliphatic rings. The van der Waals surface area contributed by atoms with Gasteiger partial charge in [-0.05, 0) is 29.8 Å². The summed E-state index contributed by atoms with van der Waals surface area (Å²) in [5.41, 5.74) is 7.06. The molecule has 0 bridgehead atoms. The summed E-state index contributed by atoms with van der Waals surface area (Å²) >= 11 is 2.77. The molecule has 0 radical (unpaired) electrons. The van der Waals surface area contributed by atoms with Crippen LogP contribution in [0, 0.1) is 0 Å². The lowest BCUT2D eigenvalue weighted by Gasteiger charge is -2.11. The van der Waals surface area contributed by atoms with Crippen LogP contribution in [0.15, 0.2) is 52.9 Å². The Morgan fingerprint density at radius 1 is 1.18 bits per heavy atom. The van der Waals surface area contributed by atoms with Crippen LogP contribution in [0.1, 0.15) is 15.9 Å². The van der Waals surface area contributed by atoms with Gasteiger partial charge in [0.2, 0.25) is 5.13 Å². The third kappa shape index (κ3) is 5.86. The number of thioether (sulfide) groups is 1. The molecule has 1 amide bonds. The van der Waals surface area contributed by atoms with Crippen molar-refractivity contribution < 1.29 is 22.7 Å². The average Bonchev–Trinajstić information content (AvgIpc) is 3.04. The Bertz CT molecular complexity index is 962. The number of rotatable bonds is 6. The monoisotopic (exact) mass is 426 g/mol. The van der Waals surface area contributed by atoms with Gasteiger partial charge in [0.25, 0.3) is 5.91 Å². The molecule has 1 heterocycles. The molecular weight excluding hydrogens is 413 g/mol. The van der Waals surface area contributed by atoms with Gasteiger partial charge in [0.15, 0.2) is 4.34 Å². The van der Waals surface area contributed by atoms with Gasteiger partial charge in [0, 0.05) is 23.1 Å². The summed E-state index contributed by atoms with van der Waals surface area (Å²) in [4.78, 5) is 12.3. The first-order chi connectivity index (χ1) is 13.3. The number of hydrogen-bond donors (Lipinski definition) is 2. The normalized spacial score (nSPS) is 11.2. The Morgan fingerprint density at radius 3 is 2.57 bits per heavy atom. The molecule has 0 atom stereocenters. The number of nitrogens with two attached hydrogens (primary N) is 1. The van der Waals surface area contributed by atoms with Gasteiger partial charge in [-0.1, -0.05) is 41.3 Å². The lowest BCUT2D eigenvalue weighted by molar-refractivity contribution is -0.274. The SMILES string of the molecule is Nc1nnc(SCc2ccc(C(=O)Nc3cccc(OC(F)(F)F)c3)cc2)s1. The van der Waals surface area contributed by atoms with Crippen molar-refractivity contribution in [3.63, 3.8) is 0 Å². The van der Waals surface area contributed by atoms with Crippen LogP contribution in [0.4, 0.5) is 24.0 Å². The van der Waals surface area contributed by atoms with Crippen molar-refractivity contribution in [2.24, 2.45) is 0 Å². The van der Waals surface area contributed by atoms with Crippen molar-refractivity contribution in [2.45, 2.75) is 16.5 Å². The molecule has 0 unspecified atom stereocenters. The lowest BCUT2D eigenvalue weighted by Crippen LogP contribution is -2.17. The zero-order chi connectivity index (χ0) is 20.1. The summed E-state index contributed by atoms with van der Waals surface area (Å²) in [6, 6.07) is 11.9. The molecule has 3 N–H and O–H groups in total. The highest BCUT2D eigenvalue weighted by Gasteiger charge is 2.31. The predicted molar refractivity (Wildman–Crippen MR) is 101 cm³/mol. The summed E-state index contributed by atoms with van der Waals surface area (Å²) in [5.74, 6) is -0.219. The molecule has 146 valence electrons. The van der Waals surface area contributed by atoms with E-state index in [4.69, 9.17) is 5.73 Å². The van der Waals surface area contributed by atoms with Crippen LogP contribution in [0.2, 0.25) is 0 Å². The Hall–Kier alpha value is -2.79. The molecule has 3 rings (SSSR count). The van der Waals surface area contributed by atoms with Crippen LogP contribution in [0.5, 0.6) is 5.75 Å². The van der Waals surface area contributed by atoms with Crippen LogP contribution in [0.25, 0.3) is 0 Å². The summed E-state index contributed by atoms with van der Waals surface area (Å²) in [7, 11) is 0. The molecule has 0 aliphatic carbocycles. The molecule has 6 nitrogen and oxygen atoms in total. The van der Waals surface area contributed by atoms with Gasteiger partial charge in [0.05, 0.1) is 0 Å². The molecule has 0 spiro atoms. The van der Waals surface area contributed by atoms with E-state index in [1.807, 2.05) is 0 Å². The van der Waals surface area contributed by atoms with E-state index in [1.165, 1.54) is 35.2 Å². The second kappa shape index (κ2) is 8.48. The van der Waals surface area contributed by atoms with E-state index in [0.29, 0.717) is 16.4 Å². The number of ether oxygens (including phenoxy) is 1. The number of aromatic nitrogens is 2. The number of alkyl halides is 3. The van der Waals surface area contributed by atoms with Gasteiger partial charge >= 0.3 is 6.36 Å². The number of carbonyl (C=O) groups excluding carboxylic acids is 1. The molecule has 0 saturated carbocycles. The van der Waals surface area contributed by atoms with Gasteiger partial charge < -0.3 is 15.8 Å². The summed E-state index contributed by atoms with van der Waals surface area (Å²) < 4.78 is 41.4. The number of carbonyl (C=O) groups is 1. The number of nitrogen functional groups attached to an aromatic ring is 1. The first-order valence-corrected chi connectivity index (χ1v) is 9.56. The van der Waals surface area contributed by atoms with E-state index in [0.717, 1.165) is 22.0 Å². The van der Waals surface area contributed by atoms with Crippen LogP contribution < -0.4 is 15.8 Å². The van der Waals surface area contributed by atoms with Gasteiger partial charge in [-0.15, -0.1) is 23.4 Å². The number of nitrogens with zero attached hydrogens (tertiary/aromatic N) is 2. The Kier molecular flexibility index (Phi) is 6.05. The third-order valence-electron chi connectivity index (χ3n) is 3.33. The van der Waals surface area contributed by atoms with Crippen molar-refractivity contribution in [3.8, 4) is 5.75 Å². The highest BCUT2D eigenvalue weighted by molar-refractivity contribution is 8.00. The maximum atomic E-state index is 12.3. The highest BCUT2D eigenvalue weighted by Crippen LogP contribution is 2.27. The van der Waals surface area contributed by atoms with Gasteiger partial charge in [-0.25, -0.2) is 0 Å². The second-order valence-corrected chi connectivity index (χ2v) is 7.65. The number of halogens is 3. The number of nitrogens with one attached hydrogen (secondary N) is 1. The van der Waals surface area contributed by atoms with E-state index < -0.39 is 18.0 Å². The lowest BCUT2D eigenvalue weighted by atomic mass is 10.1. The quantitative estimate of drug-likeness (QED) is 0.562. The molecule has 0 fully saturated rings. The Labute approximate surface area is 165 Å². The maximum absolute atomic E-state index is 12.3. The molecule has 3 aromatic rings. The zero-order valence-corrected chi connectivity index (χ0v) is 15.7. The Morgan fingerprint density at radius 2 is 1.93 bits per heavy atom. The minimum atomic E-state index is -4.79. The van der Waals surface area contributed by atoms with Crippen molar-refractivity contribution >= 4 is 39.8 Å². The minimum Gasteiger partial charge on any atom is -0.406 e. The fourth-order valence-electron chi connectivity index (χ4n) is 2.15. The first kappa shape index (κ1) is 20.0. The van der Waals surface area contributed by atoms with Crippen LogP contribution in [-0.4, -0.2) is 22.5 Å². The fourth-order valence-corrected chi connectivity index (χ4v) is 3.74. The highest BCUT2D eigenvalue weighted by atomic mass is 32.2. The van der Waals surface area contributed by atoms with E-state index in [9.17, 15) is 18.0 Å². The van der Waals surface area contributed by atoms with Crippen molar-refractivity contribution in [2.75, 3.05) is 11.1 Å². The zero-order valence-electron chi connectivity index (χ0n) is 14.1. The average molecular weight is 426 g/mol. The second-order valence-electron chi connectivity index (χ2n) is 5.42. The van der Waals surface area contributed by atoms with Gasteiger partial charge in [-0.3, -0.25) is 4.79 Å². The topological polar surface area (TPSA) is 90.1 Å². The summed E-state index contributed by atoms with van der Waals surface area (Å²) in [6.07, 6.45) is -4.79. The third-order valence-corrected chi connectivity index (χ3v) is 5.28. The minimum absolute atomic E-state index is 0.195. The van der Waals surface area contributed by atoms with E-state index in [-0.39, 0.29) is 5.69 Å². The number of benzene rings is 2. The Balaban J connectivity index is 1.59. The van der Waals surface area contributed by atoms with Crippen molar-refractivity contribution in [3.05, 3.63) is 59.7 Å². The smallest absolute Gasteiger partial charge is 0.406 e. The van der Waals surface area contributed by atoms with Crippen LogP contribution >= 0.6 is 23.1 Å². The molecule has 1 aromatic heterocycles. The molecule has 0 saturated heterocycles. The van der Waals surface area contributed by atoms with Crippen molar-refractivity contribution in [1.29, 1.82) is 0 Å².